The van der Waals surface area contributed by atoms with Crippen LogP contribution in [0.5, 0.6) is 0 Å². The van der Waals surface area contributed by atoms with Crippen LogP contribution in [0.4, 0.5) is 10.2 Å². The Kier molecular flexibility index (Phi) is 7.73. The SMILES string of the molecule is Cc1ccc(S(=O)(=O)Nc2nc(=O)n3c(C)c(C)sc(SCCOCCCF)c2-3)cc1. The summed E-state index contributed by atoms with van der Waals surface area (Å²) in [5.41, 5.74) is 1.55. The summed E-state index contributed by atoms with van der Waals surface area (Å²) in [6.45, 7) is 5.92. The number of hydrogen-bond acceptors (Lipinski definition) is 7. The highest BCUT2D eigenvalue weighted by Crippen LogP contribution is 2.38. The number of alkyl halides is 1. The molecule has 3 rings (SSSR count). The van der Waals surface area contributed by atoms with Crippen LogP contribution in [0, 0.1) is 20.8 Å². The van der Waals surface area contributed by atoms with E-state index in [0.717, 1.165) is 14.6 Å². The fraction of sp³-hybridized carbons (Fsp3) is 0.400. The highest BCUT2D eigenvalue weighted by atomic mass is 32.2. The van der Waals surface area contributed by atoms with Crippen molar-refractivity contribution in [3.05, 3.63) is 50.9 Å². The standard InChI is InChI=1S/C20H24FN3O4S3/c1-13-5-7-16(8-6-13)31(26,27)23-18-17-19(29-12-11-28-10-4-9-21)30-15(3)14(2)24(17)20(25)22-18/h5-8H,4,9-12H2,1-3H3,(H,22,23,25). The summed E-state index contributed by atoms with van der Waals surface area (Å²) in [4.78, 5) is 17.6. The molecule has 2 aliphatic heterocycles. The Morgan fingerprint density at radius 3 is 2.58 bits per heavy atom. The van der Waals surface area contributed by atoms with E-state index in [1.54, 1.807) is 19.1 Å². The van der Waals surface area contributed by atoms with Gasteiger partial charge in [-0.15, -0.1) is 23.1 Å². The molecule has 1 aromatic carbocycles. The molecule has 0 fully saturated rings. The lowest BCUT2D eigenvalue weighted by atomic mass is 10.2. The number of sulfonamides is 1. The van der Waals surface area contributed by atoms with Gasteiger partial charge >= 0.3 is 5.69 Å². The zero-order chi connectivity index (χ0) is 22.6. The summed E-state index contributed by atoms with van der Waals surface area (Å²) in [6, 6.07) is 6.43. The van der Waals surface area contributed by atoms with Gasteiger partial charge in [-0.3, -0.25) is 13.7 Å². The quantitative estimate of drug-likeness (QED) is 0.346. The molecule has 0 spiro atoms. The zero-order valence-corrected chi connectivity index (χ0v) is 19.9. The van der Waals surface area contributed by atoms with Crippen molar-refractivity contribution in [2.45, 2.75) is 36.3 Å². The number of hydrogen-bond donors (Lipinski definition) is 1. The van der Waals surface area contributed by atoms with Crippen molar-refractivity contribution in [2.24, 2.45) is 0 Å². The molecule has 2 heterocycles. The van der Waals surface area contributed by atoms with E-state index >= 15 is 0 Å². The fourth-order valence-corrected chi connectivity index (χ4v) is 6.23. The van der Waals surface area contributed by atoms with Gasteiger partial charge in [-0.05, 0) is 39.3 Å². The van der Waals surface area contributed by atoms with E-state index in [1.807, 2.05) is 13.8 Å². The maximum atomic E-state index is 12.9. The highest BCUT2D eigenvalue weighted by Gasteiger charge is 2.26. The summed E-state index contributed by atoms with van der Waals surface area (Å²) in [5.74, 6) is 0.579. The first kappa shape index (κ1) is 23.7. The van der Waals surface area contributed by atoms with E-state index in [1.165, 1.54) is 39.8 Å². The molecular weight excluding hydrogens is 461 g/mol. The third-order valence-corrected chi connectivity index (χ3v) is 8.34. The largest absolute Gasteiger partial charge is 0.380 e. The molecule has 0 saturated heterocycles. The molecule has 1 aromatic rings. The minimum absolute atomic E-state index is 0.00535. The van der Waals surface area contributed by atoms with E-state index in [0.29, 0.717) is 36.8 Å². The highest BCUT2D eigenvalue weighted by molar-refractivity contribution is 8.01. The second kappa shape index (κ2) is 10.1. The van der Waals surface area contributed by atoms with Gasteiger partial charge in [0.25, 0.3) is 10.0 Å². The molecule has 31 heavy (non-hydrogen) atoms. The summed E-state index contributed by atoms with van der Waals surface area (Å²) in [5, 5.41) is 0. The van der Waals surface area contributed by atoms with Gasteiger partial charge in [-0.2, -0.15) is 4.98 Å². The first-order chi connectivity index (χ1) is 14.7. The lowest BCUT2D eigenvalue weighted by molar-refractivity contribution is 0.141. The van der Waals surface area contributed by atoms with Crippen molar-refractivity contribution in [3.8, 4) is 5.69 Å². The van der Waals surface area contributed by atoms with E-state index < -0.39 is 22.4 Å². The summed E-state index contributed by atoms with van der Waals surface area (Å²) in [7, 11) is -3.91. The number of aryl methyl sites for hydroxylation is 2. The number of benzene rings is 1. The molecule has 0 bridgehead atoms. The molecule has 0 radical (unpaired) electrons. The molecule has 7 nitrogen and oxygen atoms in total. The average molecular weight is 486 g/mol. The fourth-order valence-electron chi connectivity index (χ4n) is 2.84. The first-order valence-corrected chi connectivity index (χ1v) is 12.9. The molecule has 168 valence electrons. The summed E-state index contributed by atoms with van der Waals surface area (Å²) in [6.07, 6.45) is 0.355. The maximum Gasteiger partial charge on any atom is 0.354 e. The molecule has 0 aliphatic carbocycles. The van der Waals surface area contributed by atoms with Gasteiger partial charge in [0.2, 0.25) is 0 Å². The van der Waals surface area contributed by atoms with E-state index in [2.05, 4.69) is 9.71 Å². The van der Waals surface area contributed by atoms with Crippen molar-refractivity contribution in [1.82, 2.24) is 9.55 Å². The number of imidazole rings is 1. The van der Waals surface area contributed by atoms with Gasteiger partial charge in [-0.25, -0.2) is 13.2 Å². The van der Waals surface area contributed by atoms with Crippen LogP contribution in [0.3, 0.4) is 0 Å². The Hall–Kier alpha value is -1.95. The van der Waals surface area contributed by atoms with Crippen LogP contribution in [0.1, 0.15) is 22.6 Å². The summed E-state index contributed by atoms with van der Waals surface area (Å²) >= 11 is 2.91. The van der Waals surface area contributed by atoms with Crippen LogP contribution in [-0.2, 0) is 14.8 Å². The van der Waals surface area contributed by atoms with E-state index in [4.69, 9.17) is 4.74 Å². The van der Waals surface area contributed by atoms with E-state index in [-0.39, 0.29) is 10.7 Å². The predicted octanol–water partition coefficient (Wildman–Crippen LogP) is 3.93. The predicted molar refractivity (Wildman–Crippen MR) is 122 cm³/mol. The van der Waals surface area contributed by atoms with Gasteiger partial charge in [0.15, 0.2) is 5.82 Å². The van der Waals surface area contributed by atoms with Gasteiger partial charge in [-0.1, -0.05) is 17.7 Å². The number of thioether (sulfide) groups is 1. The van der Waals surface area contributed by atoms with Gasteiger partial charge in [0, 0.05) is 22.9 Å². The smallest absolute Gasteiger partial charge is 0.354 e. The van der Waals surface area contributed by atoms with Crippen LogP contribution in [0.25, 0.3) is 5.69 Å². The Morgan fingerprint density at radius 1 is 1.19 bits per heavy atom. The number of nitrogens with zero attached hydrogens (tertiary/aromatic N) is 2. The number of anilines is 1. The molecule has 11 heteroatoms. The third-order valence-electron chi connectivity index (χ3n) is 4.58. The molecule has 1 N–H and O–H groups in total. The van der Waals surface area contributed by atoms with E-state index in [9.17, 15) is 17.6 Å². The number of ether oxygens (including phenoxy) is 1. The van der Waals surface area contributed by atoms with Crippen molar-refractivity contribution in [1.29, 1.82) is 0 Å². The van der Waals surface area contributed by atoms with Crippen molar-refractivity contribution in [3.63, 3.8) is 0 Å². The molecule has 0 saturated carbocycles. The van der Waals surface area contributed by atoms with Crippen LogP contribution in [0.2, 0.25) is 0 Å². The molecule has 0 aromatic heterocycles. The molecule has 0 amide bonds. The third kappa shape index (κ3) is 5.46. The monoisotopic (exact) mass is 485 g/mol. The number of halogens is 1. The molecule has 0 atom stereocenters. The molecular formula is C20H24FN3O4S3. The van der Waals surface area contributed by atoms with Crippen molar-refractivity contribution < 1.29 is 17.5 Å². The van der Waals surface area contributed by atoms with Crippen LogP contribution >= 0.6 is 23.1 Å². The van der Waals surface area contributed by atoms with Crippen LogP contribution in [0.15, 0.2) is 38.2 Å². The van der Waals surface area contributed by atoms with Crippen LogP contribution < -0.4 is 10.4 Å². The van der Waals surface area contributed by atoms with Gasteiger partial charge in [0.05, 0.1) is 22.4 Å². The zero-order valence-electron chi connectivity index (χ0n) is 17.5. The number of aromatic nitrogens is 2. The van der Waals surface area contributed by atoms with Gasteiger partial charge < -0.3 is 4.74 Å². The Bertz CT molecular complexity index is 1170. The van der Waals surface area contributed by atoms with Gasteiger partial charge in [0.1, 0.15) is 5.69 Å². The molecule has 0 unspecified atom stereocenters. The number of rotatable bonds is 10. The normalized spacial score (nSPS) is 11.9. The van der Waals surface area contributed by atoms with Crippen LogP contribution in [-0.4, -0.2) is 43.6 Å². The Morgan fingerprint density at radius 2 is 1.90 bits per heavy atom. The Balaban J connectivity index is 1.93. The lowest BCUT2D eigenvalue weighted by Crippen LogP contribution is -2.17. The summed E-state index contributed by atoms with van der Waals surface area (Å²) < 4.78 is 48.0. The Labute approximate surface area is 189 Å². The first-order valence-electron chi connectivity index (χ1n) is 9.63. The second-order valence-corrected chi connectivity index (χ2v) is 11.2. The lowest BCUT2D eigenvalue weighted by Gasteiger charge is -2.16. The average Bonchev–Trinajstić information content (AvgIpc) is 3.04. The minimum atomic E-state index is -3.91. The van der Waals surface area contributed by atoms with Crippen molar-refractivity contribution >= 4 is 38.9 Å². The van der Waals surface area contributed by atoms with Crippen molar-refractivity contribution in [2.75, 3.05) is 30.4 Å². The second-order valence-electron chi connectivity index (χ2n) is 6.88. The minimum Gasteiger partial charge on any atom is -0.380 e. The maximum absolute atomic E-state index is 12.9. The topological polar surface area (TPSA) is 90.3 Å². The number of nitrogens with one attached hydrogen (secondary N) is 1. The molecule has 2 aliphatic rings. The number of fused-ring (bicyclic) bond motifs is 1.